The average molecular weight is 181 g/mol. The Balaban J connectivity index is 2.21. The van der Waals surface area contributed by atoms with Crippen LogP contribution in [0.1, 0.15) is 42.5 Å². The summed E-state index contributed by atoms with van der Waals surface area (Å²) in [6.45, 7) is 6.80. The molecular formula is C10H15NS. The number of aryl methyl sites for hydroxylation is 1. The Labute approximate surface area is 77.8 Å². The molecule has 1 atom stereocenters. The highest BCUT2D eigenvalue weighted by molar-refractivity contribution is 7.11. The van der Waals surface area contributed by atoms with Crippen molar-refractivity contribution in [2.24, 2.45) is 5.41 Å². The van der Waals surface area contributed by atoms with Crippen molar-refractivity contribution in [3.05, 3.63) is 16.1 Å². The van der Waals surface area contributed by atoms with Gasteiger partial charge in [0.2, 0.25) is 0 Å². The highest BCUT2D eigenvalue weighted by atomic mass is 32.1. The van der Waals surface area contributed by atoms with E-state index in [4.69, 9.17) is 0 Å². The zero-order valence-corrected chi connectivity index (χ0v) is 8.74. The molecule has 0 aromatic carbocycles. The second kappa shape index (κ2) is 2.56. The Morgan fingerprint density at radius 1 is 1.58 bits per heavy atom. The van der Waals surface area contributed by atoms with E-state index in [0.717, 1.165) is 5.92 Å². The third-order valence-electron chi connectivity index (χ3n) is 3.00. The molecule has 0 amide bonds. The molecule has 1 saturated carbocycles. The number of thiazole rings is 1. The van der Waals surface area contributed by atoms with Crippen molar-refractivity contribution in [1.29, 1.82) is 0 Å². The van der Waals surface area contributed by atoms with Gasteiger partial charge in [0.15, 0.2) is 0 Å². The minimum Gasteiger partial charge on any atom is -0.250 e. The van der Waals surface area contributed by atoms with Gasteiger partial charge in [0.05, 0.1) is 5.01 Å². The summed E-state index contributed by atoms with van der Waals surface area (Å²) < 4.78 is 0. The van der Waals surface area contributed by atoms with Crippen LogP contribution in [0, 0.1) is 12.3 Å². The molecule has 2 heteroatoms. The van der Waals surface area contributed by atoms with E-state index in [0.29, 0.717) is 5.41 Å². The minimum absolute atomic E-state index is 0.527. The highest BCUT2D eigenvalue weighted by Gasteiger charge is 2.40. The summed E-state index contributed by atoms with van der Waals surface area (Å²) in [6, 6.07) is 0. The summed E-state index contributed by atoms with van der Waals surface area (Å²) in [5.41, 5.74) is 0.527. The van der Waals surface area contributed by atoms with Gasteiger partial charge in [0.1, 0.15) is 0 Å². The molecule has 12 heavy (non-hydrogen) atoms. The van der Waals surface area contributed by atoms with Gasteiger partial charge in [-0.05, 0) is 25.2 Å². The van der Waals surface area contributed by atoms with Crippen molar-refractivity contribution in [1.82, 2.24) is 4.98 Å². The van der Waals surface area contributed by atoms with E-state index in [1.807, 2.05) is 11.3 Å². The van der Waals surface area contributed by atoms with E-state index in [1.165, 1.54) is 22.7 Å². The fraction of sp³-hybridized carbons (Fsp3) is 0.700. The Morgan fingerprint density at radius 2 is 2.33 bits per heavy atom. The lowest BCUT2D eigenvalue weighted by atomic mass is 9.62. The zero-order valence-electron chi connectivity index (χ0n) is 7.92. The maximum atomic E-state index is 4.30. The summed E-state index contributed by atoms with van der Waals surface area (Å²) in [5, 5.41) is 1.20. The quantitative estimate of drug-likeness (QED) is 0.647. The molecular weight excluding hydrogens is 166 g/mol. The lowest BCUT2D eigenvalue weighted by Crippen LogP contribution is -2.31. The van der Waals surface area contributed by atoms with Crippen LogP contribution in [-0.2, 0) is 0 Å². The van der Waals surface area contributed by atoms with Gasteiger partial charge in [0.25, 0.3) is 0 Å². The molecule has 66 valence electrons. The number of hydrogen-bond donors (Lipinski definition) is 0. The SMILES string of the molecule is Cc1ncc(C2CCC2(C)C)s1. The van der Waals surface area contributed by atoms with E-state index in [1.54, 1.807) is 0 Å². The summed E-state index contributed by atoms with van der Waals surface area (Å²) in [4.78, 5) is 5.79. The Morgan fingerprint density at radius 3 is 2.67 bits per heavy atom. The van der Waals surface area contributed by atoms with Gasteiger partial charge in [-0.2, -0.15) is 0 Å². The fourth-order valence-corrected chi connectivity index (χ4v) is 3.06. The molecule has 0 saturated heterocycles. The Bertz CT molecular complexity index is 288. The zero-order chi connectivity index (χ0) is 8.77. The predicted molar refractivity (Wildman–Crippen MR) is 52.6 cm³/mol. The first-order chi connectivity index (χ1) is 5.59. The van der Waals surface area contributed by atoms with Crippen LogP contribution in [0.2, 0.25) is 0 Å². The molecule has 0 bridgehead atoms. The van der Waals surface area contributed by atoms with Crippen LogP contribution in [0.15, 0.2) is 6.20 Å². The molecule has 1 aliphatic carbocycles. The molecule has 0 spiro atoms. The lowest BCUT2D eigenvalue weighted by Gasteiger charge is -2.43. The van der Waals surface area contributed by atoms with E-state index in [2.05, 4.69) is 32.0 Å². The van der Waals surface area contributed by atoms with Crippen LogP contribution in [0.3, 0.4) is 0 Å². The molecule has 1 unspecified atom stereocenters. The highest BCUT2D eigenvalue weighted by Crippen LogP contribution is 2.53. The second-order valence-electron chi connectivity index (χ2n) is 4.36. The van der Waals surface area contributed by atoms with Crippen molar-refractivity contribution >= 4 is 11.3 Å². The smallest absolute Gasteiger partial charge is 0.0896 e. The van der Waals surface area contributed by atoms with Gasteiger partial charge in [-0.25, -0.2) is 4.98 Å². The molecule has 0 N–H and O–H groups in total. The van der Waals surface area contributed by atoms with Gasteiger partial charge in [-0.15, -0.1) is 11.3 Å². The molecule has 1 aromatic heterocycles. The fourth-order valence-electron chi connectivity index (χ4n) is 1.93. The van der Waals surface area contributed by atoms with Crippen molar-refractivity contribution in [2.75, 3.05) is 0 Å². The summed E-state index contributed by atoms with van der Waals surface area (Å²) >= 11 is 1.86. The van der Waals surface area contributed by atoms with Gasteiger partial charge in [0, 0.05) is 17.0 Å². The average Bonchev–Trinajstić information content (AvgIpc) is 2.34. The molecule has 1 fully saturated rings. The van der Waals surface area contributed by atoms with Crippen LogP contribution < -0.4 is 0 Å². The third-order valence-corrected chi connectivity index (χ3v) is 4.03. The number of nitrogens with zero attached hydrogens (tertiary/aromatic N) is 1. The molecule has 0 aliphatic heterocycles. The van der Waals surface area contributed by atoms with E-state index in [-0.39, 0.29) is 0 Å². The van der Waals surface area contributed by atoms with E-state index < -0.39 is 0 Å². The van der Waals surface area contributed by atoms with Crippen LogP contribution >= 0.6 is 11.3 Å². The predicted octanol–water partition coefficient (Wildman–Crippen LogP) is 3.36. The number of hydrogen-bond acceptors (Lipinski definition) is 2. The normalized spacial score (nSPS) is 26.8. The number of rotatable bonds is 1. The maximum Gasteiger partial charge on any atom is 0.0896 e. The molecule has 0 radical (unpaired) electrons. The van der Waals surface area contributed by atoms with Crippen LogP contribution in [0.5, 0.6) is 0 Å². The monoisotopic (exact) mass is 181 g/mol. The van der Waals surface area contributed by atoms with Crippen molar-refractivity contribution in [3.8, 4) is 0 Å². The second-order valence-corrected chi connectivity index (χ2v) is 5.63. The van der Waals surface area contributed by atoms with Gasteiger partial charge in [-0.3, -0.25) is 0 Å². The van der Waals surface area contributed by atoms with Crippen LogP contribution in [-0.4, -0.2) is 4.98 Å². The first-order valence-electron chi connectivity index (χ1n) is 4.52. The summed E-state index contributed by atoms with van der Waals surface area (Å²) in [7, 11) is 0. The van der Waals surface area contributed by atoms with Gasteiger partial charge < -0.3 is 0 Å². The lowest BCUT2D eigenvalue weighted by molar-refractivity contribution is 0.142. The minimum atomic E-state index is 0.527. The molecule has 1 aromatic rings. The topological polar surface area (TPSA) is 12.9 Å². The Hall–Kier alpha value is -0.370. The largest absolute Gasteiger partial charge is 0.250 e. The first-order valence-corrected chi connectivity index (χ1v) is 5.33. The summed E-state index contributed by atoms with van der Waals surface area (Å²) in [6.07, 6.45) is 4.79. The maximum absolute atomic E-state index is 4.30. The van der Waals surface area contributed by atoms with Gasteiger partial charge >= 0.3 is 0 Å². The molecule has 2 rings (SSSR count). The Kier molecular flexibility index (Phi) is 1.76. The standard InChI is InChI=1S/C10H15NS/c1-7-11-6-9(12-7)8-4-5-10(8,2)3/h6,8H,4-5H2,1-3H3. The molecule has 1 heterocycles. The van der Waals surface area contributed by atoms with Crippen molar-refractivity contribution in [3.63, 3.8) is 0 Å². The third kappa shape index (κ3) is 1.18. The number of aromatic nitrogens is 1. The van der Waals surface area contributed by atoms with Crippen molar-refractivity contribution < 1.29 is 0 Å². The van der Waals surface area contributed by atoms with Crippen LogP contribution in [0.4, 0.5) is 0 Å². The molecule has 1 nitrogen and oxygen atoms in total. The van der Waals surface area contributed by atoms with E-state index in [9.17, 15) is 0 Å². The first kappa shape index (κ1) is 8.24. The van der Waals surface area contributed by atoms with Crippen LogP contribution in [0.25, 0.3) is 0 Å². The van der Waals surface area contributed by atoms with Crippen molar-refractivity contribution in [2.45, 2.75) is 39.5 Å². The van der Waals surface area contributed by atoms with E-state index >= 15 is 0 Å². The molecule has 1 aliphatic rings. The summed E-state index contributed by atoms with van der Waals surface area (Å²) in [5.74, 6) is 0.781. The van der Waals surface area contributed by atoms with Gasteiger partial charge in [-0.1, -0.05) is 13.8 Å².